The lowest BCUT2D eigenvalue weighted by Gasteiger charge is -2.40. The lowest BCUT2D eigenvalue weighted by atomic mass is 9.92. The van der Waals surface area contributed by atoms with Gasteiger partial charge in [0.1, 0.15) is 36.1 Å². The van der Waals surface area contributed by atoms with Crippen LogP contribution in [0.4, 0.5) is 0 Å². The van der Waals surface area contributed by atoms with Gasteiger partial charge in [-0.3, -0.25) is 13.9 Å². The summed E-state index contributed by atoms with van der Waals surface area (Å²) in [6, 6.07) is 0. The van der Waals surface area contributed by atoms with Crippen LogP contribution in [-0.4, -0.2) is 65.7 Å². The first-order valence-corrected chi connectivity index (χ1v) is 6.51. The first-order valence-electron chi connectivity index (χ1n) is 6.51. The molecule has 5 atom stereocenters. The monoisotopic (exact) mass is 318 g/mol. The van der Waals surface area contributed by atoms with Crippen molar-refractivity contribution in [3.8, 4) is 5.88 Å². The molecule has 1 fully saturated rings. The second-order valence-corrected chi connectivity index (χ2v) is 5.19. The maximum absolute atomic E-state index is 12.2. The summed E-state index contributed by atoms with van der Waals surface area (Å²) in [6.45, 7) is -0.672. The first kappa shape index (κ1) is 16.6. The Balaban J connectivity index is 2.61. The number of aromatic nitrogens is 2. The predicted octanol–water partition coefficient (Wildman–Crippen LogP) is -3.70. The van der Waals surface area contributed by atoms with Crippen molar-refractivity contribution in [2.24, 2.45) is 14.1 Å². The zero-order valence-electron chi connectivity index (χ0n) is 11.9. The quantitative estimate of drug-likeness (QED) is 0.373. The first-order chi connectivity index (χ1) is 10.2. The van der Waals surface area contributed by atoms with E-state index in [4.69, 9.17) is 9.84 Å². The van der Waals surface area contributed by atoms with E-state index in [0.29, 0.717) is 4.57 Å². The van der Waals surface area contributed by atoms with Crippen molar-refractivity contribution in [2.75, 3.05) is 6.61 Å². The fourth-order valence-corrected chi connectivity index (χ4v) is 2.45. The minimum absolute atomic E-state index is 0.443. The molecule has 5 N–H and O–H groups in total. The van der Waals surface area contributed by atoms with Crippen LogP contribution in [0.3, 0.4) is 0 Å². The van der Waals surface area contributed by atoms with Crippen LogP contribution in [0, 0.1) is 0 Å². The molecule has 1 saturated heterocycles. The fraction of sp³-hybridized carbons (Fsp3) is 0.667. The molecule has 1 aliphatic rings. The van der Waals surface area contributed by atoms with Gasteiger partial charge in [0.2, 0.25) is 5.88 Å². The lowest BCUT2D eigenvalue weighted by Crippen LogP contribution is -2.56. The van der Waals surface area contributed by atoms with E-state index in [0.717, 1.165) is 4.57 Å². The third-order valence-corrected chi connectivity index (χ3v) is 3.84. The molecule has 2 rings (SSSR count). The second-order valence-electron chi connectivity index (χ2n) is 5.19. The highest BCUT2D eigenvalue weighted by Gasteiger charge is 2.46. The molecule has 0 spiro atoms. The number of hydrogen-bond acceptors (Lipinski definition) is 8. The number of rotatable bonds is 2. The van der Waals surface area contributed by atoms with Gasteiger partial charge in [-0.25, -0.2) is 4.79 Å². The molecule has 0 aliphatic carbocycles. The van der Waals surface area contributed by atoms with E-state index in [-0.39, 0.29) is 0 Å². The van der Waals surface area contributed by atoms with Crippen LogP contribution in [0.25, 0.3) is 0 Å². The van der Waals surface area contributed by atoms with Crippen molar-refractivity contribution in [1.82, 2.24) is 9.13 Å². The lowest BCUT2D eigenvalue weighted by molar-refractivity contribution is -0.232. The standard InChI is InChI=1S/C12H18N2O8/c1-13-10(19)5(11(20)14(2)12(13)21)9-8(18)7(17)6(16)4(3-15)22-9/h4,6-9,15-19H,3H2,1-2H3/t4?,6-,7+,8?,9+/m1/s1. The molecule has 1 aromatic heterocycles. The number of aromatic hydroxyl groups is 1. The van der Waals surface area contributed by atoms with E-state index < -0.39 is 59.8 Å². The normalized spacial score (nSPS) is 32.2. The van der Waals surface area contributed by atoms with Crippen LogP contribution in [0.5, 0.6) is 5.88 Å². The van der Waals surface area contributed by atoms with Gasteiger partial charge in [-0.2, -0.15) is 0 Å². The van der Waals surface area contributed by atoms with E-state index in [1.807, 2.05) is 0 Å². The summed E-state index contributed by atoms with van der Waals surface area (Å²) in [6.07, 6.45) is -7.76. The van der Waals surface area contributed by atoms with Crippen molar-refractivity contribution in [1.29, 1.82) is 0 Å². The Kier molecular flexibility index (Phi) is 4.40. The maximum Gasteiger partial charge on any atom is 0.333 e. The van der Waals surface area contributed by atoms with Gasteiger partial charge >= 0.3 is 5.69 Å². The molecule has 0 amide bonds. The summed E-state index contributed by atoms with van der Waals surface area (Å²) in [4.78, 5) is 23.9. The molecule has 1 aromatic rings. The number of aliphatic hydroxyl groups excluding tert-OH is 4. The molecule has 2 heterocycles. The molecule has 10 nitrogen and oxygen atoms in total. The number of ether oxygens (including phenoxy) is 1. The number of aliphatic hydroxyl groups is 4. The highest BCUT2D eigenvalue weighted by molar-refractivity contribution is 5.27. The van der Waals surface area contributed by atoms with Gasteiger partial charge in [-0.15, -0.1) is 0 Å². The summed E-state index contributed by atoms with van der Waals surface area (Å²) < 4.78 is 6.71. The van der Waals surface area contributed by atoms with Crippen LogP contribution in [0.15, 0.2) is 9.59 Å². The molecule has 10 heteroatoms. The average molecular weight is 318 g/mol. The summed E-state index contributed by atoms with van der Waals surface area (Å²) in [5.41, 5.74) is -2.14. The molecule has 0 bridgehead atoms. The Morgan fingerprint density at radius 3 is 2.18 bits per heavy atom. The van der Waals surface area contributed by atoms with Gasteiger partial charge < -0.3 is 30.3 Å². The van der Waals surface area contributed by atoms with Crippen molar-refractivity contribution in [3.05, 3.63) is 26.4 Å². The smallest absolute Gasteiger partial charge is 0.333 e. The third-order valence-electron chi connectivity index (χ3n) is 3.84. The fourth-order valence-electron chi connectivity index (χ4n) is 2.45. The molecular formula is C12H18N2O8. The van der Waals surface area contributed by atoms with Gasteiger partial charge in [0, 0.05) is 14.1 Å². The van der Waals surface area contributed by atoms with Crippen LogP contribution < -0.4 is 11.2 Å². The third kappa shape index (κ3) is 2.34. The molecule has 0 aromatic carbocycles. The van der Waals surface area contributed by atoms with Crippen LogP contribution >= 0.6 is 0 Å². The zero-order valence-corrected chi connectivity index (χ0v) is 11.9. The molecule has 0 saturated carbocycles. The largest absolute Gasteiger partial charge is 0.494 e. The van der Waals surface area contributed by atoms with Crippen LogP contribution in [0.1, 0.15) is 11.7 Å². The minimum atomic E-state index is -1.73. The van der Waals surface area contributed by atoms with Gasteiger partial charge in [-0.1, -0.05) is 0 Å². The topological polar surface area (TPSA) is 154 Å². The second kappa shape index (κ2) is 5.82. The van der Waals surface area contributed by atoms with Crippen molar-refractivity contribution in [2.45, 2.75) is 30.5 Å². The van der Waals surface area contributed by atoms with Crippen LogP contribution in [0.2, 0.25) is 0 Å². The van der Waals surface area contributed by atoms with E-state index in [2.05, 4.69) is 0 Å². The molecule has 22 heavy (non-hydrogen) atoms. The average Bonchev–Trinajstić information content (AvgIpc) is 2.51. The highest BCUT2D eigenvalue weighted by Crippen LogP contribution is 2.33. The minimum Gasteiger partial charge on any atom is -0.494 e. The molecular weight excluding hydrogens is 300 g/mol. The van der Waals surface area contributed by atoms with Crippen molar-refractivity contribution < 1.29 is 30.3 Å². The summed E-state index contributed by atoms with van der Waals surface area (Å²) in [5, 5.41) is 48.6. The van der Waals surface area contributed by atoms with E-state index in [1.165, 1.54) is 14.1 Å². The van der Waals surface area contributed by atoms with Gasteiger partial charge in [0.15, 0.2) is 0 Å². The van der Waals surface area contributed by atoms with Gasteiger partial charge in [0.05, 0.1) is 6.61 Å². The predicted molar refractivity (Wildman–Crippen MR) is 71.3 cm³/mol. The van der Waals surface area contributed by atoms with E-state index in [1.54, 1.807) is 0 Å². The Hall–Kier alpha value is -1.72. The Labute approximate surface area is 124 Å². The van der Waals surface area contributed by atoms with Crippen LogP contribution in [-0.2, 0) is 18.8 Å². The zero-order chi connectivity index (χ0) is 16.8. The molecule has 124 valence electrons. The molecule has 2 unspecified atom stereocenters. The number of nitrogens with zero attached hydrogens (tertiary/aromatic N) is 2. The van der Waals surface area contributed by atoms with Gasteiger partial charge in [-0.05, 0) is 0 Å². The Morgan fingerprint density at radius 1 is 1.05 bits per heavy atom. The van der Waals surface area contributed by atoms with Crippen molar-refractivity contribution in [3.63, 3.8) is 0 Å². The molecule has 1 aliphatic heterocycles. The maximum atomic E-state index is 12.2. The number of hydrogen-bond donors (Lipinski definition) is 5. The highest BCUT2D eigenvalue weighted by atomic mass is 16.5. The molecule has 0 radical (unpaired) electrons. The summed E-state index contributed by atoms with van der Waals surface area (Å²) in [5.74, 6) is -0.725. The summed E-state index contributed by atoms with van der Waals surface area (Å²) >= 11 is 0. The van der Waals surface area contributed by atoms with Crippen molar-refractivity contribution >= 4 is 0 Å². The Morgan fingerprint density at radius 2 is 1.64 bits per heavy atom. The van der Waals surface area contributed by atoms with E-state index >= 15 is 0 Å². The summed E-state index contributed by atoms with van der Waals surface area (Å²) in [7, 11) is 2.39. The van der Waals surface area contributed by atoms with Gasteiger partial charge in [0.25, 0.3) is 5.56 Å². The SMILES string of the molecule is Cn1c(O)c([C@@H]2OC(CO)[C@@H](O)[C@H](O)C2O)c(=O)n(C)c1=O. The Bertz CT molecular complexity index is 679. The van der Waals surface area contributed by atoms with E-state index in [9.17, 15) is 30.0 Å².